The number of hydrogen-bond acceptors (Lipinski definition) is 4. The summed E-state index contributed by atoms with van der Waals surface area (Å²) in [7, 11) is 0. The number of para-hydroxylation sites is 1. The first kappa shape index (κ1) is 15.2. The maximum atomic E-state index is 12.1. The Kier molecular flexibility index (Phi) is 5.05. The van der Waals surface area contributed by atoms with Crippen molar-refractivity contribution in [2.24, 2.45) is 0 Å². The number of pyridine rings is 1. The second-order valence-electron chi connectivity index (χ2n) is 4.41. The predicted molar refractivity (Wildman–Crippen MR) is 86.6 cm³/mol. The van der Waals surface area contributed by atoms with Gasteiger partial charge in [0.1, 0.15) is 6.54 Å². The van der Waals surface area contributed by atoms with Crippen molar-refractivity contribution in [3.05, 3.63) is 52.9 Å². The highest BCUT2D eigenvalue weighted by Gasteiger charge is 2.08. The van der Waals surface area contributed by atoms with Crippen LogP contribution in [0.5, 0.6) is 0 Å². The largest absolute Gasteiger partial charge is 0.398 e. The van der Waals surface area contributed by atoms with Crippen molar-refractivity contribution in [2.45, 2.75) is 18.4 Å². The van der Waals surface area contributed by atoms with Crippen LogP contribution in [0.2, 0.25) is 0 Å². The molecule has 21 heavy (non-hydrogen) atoms. The number of carbonyl (C=O) groups excluding carboxylic acids is 1. The van der Waals surface area contributed by atoms with Crippen molar-refractivity contribution in [1.29, 1.82) is 0 Å². The predicted octanol–water partition coefficient (Wildman–Crippen LogP) is 2.18. The zero-order valence-corrected chi connectivity index (χ0v) is 12.5. The minimum Gasteiger partial charge on any atom is -0.398 e. The van der Waals surface area contributed by atoms with E-state index in [4.69, 9.17) is 5.73 Å². The molecule has 0 saturated carbocycles. The quantitative estimate of drug-likeness (QED) is 0.830. The lowest BCUT2D eigenvalue weighted by molar-refractivity contribution is -0.116. The van der Waals surface area contributed by atoms with Crippen LogP contribution >= 0.6 is 11.8 Å². The average Bonchev–Trinajstić information content (AvgIpc) is 2.45. The summed E-state index contributed by atoms with van der Waals surface area (Å²) in [5.74, 6) is 0.661. The Morgan fingerprint density at radius 2 is 2.05 bits per heavy atom. The number of hydrogen-bond donors (Lipinski definition) is 2. The fraction of sp³-hybridized carbons (Fsp3) is 0.200. The van der Waals surface area contributed by atoms with Gasteiger partial charge in [-0.05, 0) is 24.0 Å². The Hall–Kier alpha value is -2.21. The maximum absolute atomic E-state index is 12.1. The third kappa shape index (κ3) is 4.13. The van der Waals surface area contributed by atoms with Crippen LogP contribution < -0.4 is 16.6 Å². The van der Waals surface area contributed by atoms with E-state index < -0.39 is 0 Å². The number of rotatable bonds is 5. The molecule has 1 amide bonds. The number of nitrogens with two attached hydrogens (primary N) is 1. The first-order valence-electron chi connectivity index (χ1n) is 6.58. The van der Waals surface area contributed by atoms with E-state index in [0.29, 0.717) is 5.69 Å². The Balaban J connectivity index is 2.12. The summed E-state index contributed by atoms with van der Waals surface area (Å²) in [5, 5.41) is 2.83. The summed E-state index contributed by atoms with van der Waals surface area (Å²) in [6.07, 6.45) is 1.47. The highest BCUT2D eigenvalue weighted by molar-refractivity contribution is 7.99. The molecule has 1 aromatic heterocycles. The van der Waals surface area contributed by atoms with Crippen LogP contribution in [0, 0.1) is 0 Å². The number of anilines is 2. The number of nitrogens with zero attached hydrogens (tertiary/aromatic N) is 1. The molecule has 1 heterocycles. The topological polar surface area (TPSA) is 77.1 Å². The lowest BCUT2D eigenvalue weighted by Gasteiger charge is -2.11. The number of thioether (sulfide) groups is 1. The second kappa shape index (κ2) is 6.99. The van der Waals surface area contributed by atoms with Crippen molar-refractivity contribution in [1.82, 2.24) is 4.57 Å². The maximum Gasteiger partial charge on any atom is 0.251 e. The number of benzene rings is 1. The van der Waals surface area contributed by atoms with Gasteiger partial charge in [-0.15, -0.1) is 11.8 Å². The smallest absolute Gasteiger partial charge is 0.251 e. The standard InChI is InChI=1S/C15H17N3O2S/c1-2-21-13-6-4-3-5-12(13)17-14(19)10-18-9-11(16)7-8-15(18)20/h3-9H,2,10,16H2,1H3,(H,17,19). The summed E-state index contributed by atoms with van der Waals surface area (Å²) in [6, 6.07) is 10.5. The second-order valence-corrected chi connectivity index (χ2v) is 5.71. The van der Waals surface area contributed by atoms with E-state index in [1.807, 2.05) is 24.3 Å². The lowest BCUT2D eigenvalue weighted by atomic mass is 10.3. The summed E-state index contributed by atoms with van der Waals surface area (Å²) in [6.45, 7) is 1.99. The van der Waals surface area contributed by atoms with Gasteiger partial charge in [-0.3, -0.25) is 9.59 Å². The highest BCUT2D eigenvalue weighted by Crippen LogP contribution is 2.26. The molecular weight excluding hydrogens is 286 g/mol. The molecule has 0 aliphatic rings. The molecule has 0 unspecified atom stereocenters. The van der Waals surface area contributed by atoms with E-state index in [-0.39, 0.29) is 18.0 Å². The summed E-state index contributed by atoms with van der Waals surface area (Å²) < 4.78 is 1.29. The van der Waals surface area contributed by atoms with Crippen molar-refractivity contribution >= 4 is 29.0 Å². The van der Waals surface area contributed by atoms with E-state index in [9.17, 15) is 9.59 Å². The SMILES string of the molecule is CCSc1ccccc1NC(=O)Cn1cc(N)ccc1=O. The summed E-state index contributed by atoms with van der Waals surface area (Å²) in [4.78, 5) is 24.7. The molecule has 0 aliphatic heterocycles. The van der Waals surface area contributed by atoms with Gasteiger partial charge in [0.05, 0.1) is 5.69 Å². The monoisotopic (exact) mass is 303 g/mol. The van der Waals surface area contributed by atoms with Crippen molar-refractivity contribution in [3.63, 3.8) is 0 Å². The van der Waals surface area contributed by atoms with Gasteiger partial charge in [0.2, 0.25) is 5.91 Å². The Labute approximate surface area is 127 Å². The van der Waals surface area contributed by atoms with Crippen LogP contribution in [0.15, 0.2) is 52.3 Å². The van der Waals surface area contributed by atoms with Gasteiger partial charge >= 0.3 is 0 Å². The normalized spacial score (nSPS) is 10.3. The van der Waals surface area contributed by atoms with Crippen molar-refractivity contribution in [2.75, 3.05) is 16.8 Å². The molecule has 1 aromatic carbocycles. The van der Waals surface area contributed by atoms with Gasteiger partial charge in [-0.25, -0.2) is 0 Å². The van der Waals surface area contributed by atoms with Crippen LogP contribution in [-0.4, -0.2) is 16.2 Å². The molecule has 2 rings (SSSR count). The number of nitrogen functional groups attached to an aromatic ring is 1. The van der Waals surface area contributed by atoms with Crippen LogP contribution in [-0.2, 0) is 11.3 Å². The molecule has 0 saturated heterocycles. The molecule has 6 heteroatoms. The van der Waals surface area contributed by atoms with Gasteiger partial charge in [-0.1, -0.05) is 19.1 Å². The van der Waals surface area contributed by atoms with Crippen LogP contribution in [0.1, 0.15) is 6.92 Å². The van der Waals surface area contributed by atoms with E-state index >= 15 is 0 Å². The molecule has 0 radical (unpaired) electrons. The number of aromatic nitrogens is 1. The van der Waals surface area contributed by atoms with E-state index in [2.05, 4.69) is 12.2 Å². The van der Waals surface area contributed by atoms with Crippen LogP contribution in [0.25, 0.3) is 0 Å². The first-order valence-corrected chi connectivity index (χ1v) is 7.56. The van der Waals surface area contributed by atoms with E-state index in [0.717, 1.165) is 16.3 Å². The zero-order chi connectivity index (χ0) is 15.2. The van der Waals surface area contributed by atoms with Gasteiger partial charge in [0.25, 0.3) is 5.56 Å². The van der Waals surface area contributed by atoms with E-state index in [1.54, 1.807) is 11.8 Å². The van der Waals surface area contributed by atoms with Crippen LogP contribution in [0.3, 0.4) is 0 Å². The molecule has 0 atom stereocenters. The molecular formula is C15H17N3O2S. The van der Waals surface area contributed by atoms with Crippen LogP contribution in [0.4, 0.5) is 11.4 Å². The summed E-state index contributed by atoms with van der Waals surface area (Å²) in [5.41, 5.74) is 6.57. The molecule has 3 N–H and O–H groups in total. The molecule has 110 valence electrons. The molecule has 0 spiro atoms. The number of nitrogens with one attached hydrogen (secondary N) is 1. The number of carbonyl (C=O) groups is 1. The molecule has 5 nitrogen and oxygen atoms in total. The number of amides is 1. The van der Waals surface area contributed by atoms with E-state index in [1.165, 1.54) is 22.9 Å². The molecule has 0 fully saturated rings. The van der Waals surface area contributed by atoms with Gasteiger partial charge in [0, 0.05) is 22.8 Å². The molecule has 0 aliphatic carbocycles. The first-order chi connectivity index (χ1) is 10.1. The molecule has 2 aromatic rings. The van der Waals surface area contributed by atoms with Crippen molar-refractivity contribution < 1.29 is 4.79 Å². The van der Waals surface area contributed by atoms with Gasteiger partial charge in [-0.2, -0.15) is 0 Å². The fourth-order valence-corrected chi connectivity index (χ4v) is 2.63. The van der Waals surface area contributed by atoms with Gasteiger partial charge < -0.3 is 15.6 Å². The summed E-state index contributed by atoms with van der Waals surface area (Å²) >= 11 is 1.65. The fourth-order valence-electron chi connectivity index (χ4n) is 1.87. The minimum absolute atomic E-state index is 0.0605. The third-order valence-electron chi connectivity index (χ3n) is 2.78. The molecule has 0 bridgehead atoms. The zero-order valence-electron chi connectivity index (χ0n) is 11.7. The highest BCUT2D eigenvalue weighted by atomic mass is 32.2. The Bertz CT molecular complexity index is 697. The third-order valence-corrected chi connectivity index (χ3v) is 3.74. The average molecular weight is 303 g/mol. The minimum atomic E-state index is -0.258. The Morgan fingerprint density at radius 1 is 1.29 bits per heavy atom. The lowest BCUT2D eigenvalue weighted by Crippen LogP contribution is -2.27. The Morgan fingerprint density at radius 3 is 2.81 bits per heavy atom. The van der Waals surface area contributed by atoms with Gasteiger partial charge in [0.15, 0.2) is 0 Å². The van der Waals surface area contributed by atoms with Crippen molar-refractivity contribution in [3.8, 4) is 0 Å².